The minimum absolute atomic E-state index is 0.0490. The van der Waals surface area contributed by atoms with E-state index < -0.39 is 15.3 Å². The summed E-state index contributed by atoms with van der Waals surface area (Å²) in [5.74, 6) is 0. The molecule has 1 rings (SSSR count). The Labute approximate surface area is 93.3 Å². The zero-order valence-corrected chi connectivity index (χ0v) is 9.73. The van der Waals surface area contributed by atoms with Crippen LogP contribution in [-0.2, 0) is 16.6 Å². The lowest BCUT2D eigenvalue weighted by molar-refractivity contribution is 0.577. The molecule has 1 atom stereocenters. The van der Waals surface area contributed by atoms with Gasteiger partial charge >= 0.3 is 0 Å². The summed E-state index contributed by atoms with van der Waals surface area (Å²) in [7, 11) is -3.50. The zero-order chi connectivity index (χ0) is 11.5. The minimum Gasteiger partial charge on any atom is -0.392 e. The second kappa shape index (κ2) is 4.69. The van der Waals surface area contributed by atoms with Gasteiger partial charge in [-0.1, -0.05) is 12.2 Å². The van der Waals surface area contributed by atoms with Crippen LogP contribution in [0.15, 0.2) is 12.5 Å². The first kappa shape index (κ1) is 12.1. The number of aromatic nitrogens is 2. The lowest BCUT2D eigenvalue weighted by Gasteiger charge is -2.11. The van der Waals surface area contributed by atoms with Gasteiger partial charge in [-0.05, 0) is 6.92 Å². The van der Waals surface area contributed by atoms with Gasteiger partial charge in [-0.3, -0.25) is 0 Å². The van der Waals surface area contributed by atoms with Crippen molar-refractivity contribution in [2.75, 3.05) is 0 Å². The van der Waals surface area contributed by atoms with Crippen LogP contribution in [-0.4, -0.2) is 28.6 Å². The third-order valence-corrected chi connectivity index (χ3v) is 4.12. The van der Waals surface area contributed by atoms with Crippen molar-refractivity contribution in [1.82, 2.24) is 14.7 Å². The standard InChI is InChI=1S/C7H12N4O2S2/c1-5(7(8)14)15(12,13)11-3-6-2-9-4-10-6/h2,4-5,11H,3H2,1H3,(H2,8,14)(H,9,10). The largest absolute Gasteiger partial charge is 0.392 e. The molecule has 0 aliphatic rings. The van der Waals surface area contributed by atoms with E-state index in [1.54, 1.807) is 0 Å². The van der Waals surface area contributed by atoms with Crippen molar-refractivity contribution >= 4 is 27.2 Å². The van der Waals surface area contributed by atoms with Crippen molar-refractivity contribution < 1.29 is 8.42 Å². The fourth-order valence-electron chi connectivity index (χ4n) is 0.838. The molecule has 0 aromatic carbocycles. The number of H-pyrrole nitrogens is 1. The number of rotatable bonds is 5. The molecular formula is C7H12N4O2S2. The van der Waals surface area contributed by atoms with Gasteiger partial charge in [0.1, 0.15) is 5.25 Å². The zero-order valence-electron chi connectivity index (χ0n) is 8.10. The van der Waals surface area contributed by atoms with E-state index in [2.05, 4.69) is 26.9 Å². The molecule has 0 bridgehead atoms. The number of nitrogens with two attached hydrogens (primary N) is 1. The quantitative estimate of drug-likeness (QED) is 0.610. The molecule has 0 aliphatic carbocycles. The fourth-order valence-corrected chi connectivity index (χ4v) is 2.13. The van der Waals surface area contributed by atoms with Crippen LogP contribution in [0.5, 0.6) is 0 Å². The van der Waals surface area contributed by atoms with E-state index in [-0.39, 0.29) is 11.5 Å². The van der Waals surface area contributed by atoms with Gasteiger partial charge in [-0.2, -0.15) is 0 Å². The van der Waals surface area contributed by atoms with Gasteiger partial charge in [-0.15, -0.1) is 0 Å². The third kappa shape index (κ3) is 3.26. The van der Waals surface area contributed by atoms with Crippen molar-refractivity contribution in [3.05, 3.63) is 18.2 Å². The smallest absolute Gasteiger partial charge is 0.221 e. The van der Waals surface area contributed by atoms with E-state index in [0.717, 1.165) is 0 Å². The second-order valence-corrected chi connectivity index (χ2v) is 5.54. The highest BCUT2D eigenvalue weighted by Gasteiger charge is 2.22. The van der Waals surface area contributed by atoms with Crippen LogP contribution in [0.1, 0.15) is 12.6 Å². The van der Waals surface area contributed by atoms with Crippen LogP contribution in [0.25, 0.3) is 0 Å². The first-order valence-electron chi connectivity index (χ1n) is 4.18. The maximum Gasteiger partial charge on any atom is 0.221 e. The van der Waals surface area contributed by atoms with E-state index in [1.807, 2.05) is 0 Å². The Morgan fingerprint density at radius 1 is 1.80 bits per heavy atom. The SMILES string of the molecule is CC(C(N)=S)S(=O)(=O)NCc1cnc[nH]1. The fraction of sp³-hybridized carbons (Fsp3) is 0.429. The molecule has 0 saturated carbocycles. The molecule has 8 heteroatoms. The molecule has 0 radical (unpaired) electrons. The average molecular weight is 248 g/mol. The Morgan fingerprint density at radius 2 is 2.47 bits per heavy atom. The molecule has 0 amide bonds. The Morgan fingerprint density at radius 3 is 2.93 bits per heavy atom. The Balaban J connectivity index is 2.62. The van der Waals surface area contributed by atoms with Crippen LogP contribution in [0.4, 0.5) is 0 Å². The monoisotopic (exact) mass is 248 g/mol. The lowest BCUT2D eigenvalue weighted by Crippen LogP contribution is -2.39. The number of hydrogen-bond acceptors (Lipinski definition) is 4. The molecule has 1 aromatic heterocycles. The second-order valence-electron chi connectivity index (χ2n) is 2.99. The number of aromatic amines is 1. The molecule has 0 spiro atoms. The van der Waals surface area contributed by atoms with Crippen LogP contribution in [0, 0.1) is 0 Å². The van der Waals surface area contributed by atoms with E-state index in [1.165, 1.54) is 19.4 Å². The van der Waals surface area contributed by atoms with Crippen molar-refractivity contribution in [3.8, 4) is 0 Å². The van der Waals surface area contributed by atoms with Crippen LogP contribution in [0.2, 0.25) is 0 Å². The lowest BCUT2D eigenvalue weighted by atomic mass is 10.5. The van der Waals surface area contributed by atoms with Gasteiger partial charge in [0.05, 0.1) is 17.9 Å². The summed E-state index contributed by atoms with van der Waals surface area (Å²) < 4.78 is 25.5. The predicted octanol–water partition coefficient (Wildman–Crippen LogP) is -0.496. The molecule has 84 valence electrons. The van der Waals surface area contributed by atoms with Crippen molar-refractivity contribution in [2.24, 2.45) is 5.73 Å². The highest BCUT2D eigenvalue weighted by atomic mass is 32.2. The summed E-state index contributed by atoms with van der Waals surface area (Å²) in [6.45, 7) is 1.59. The maximum atomic E-state index is 11.6. The Bertz CT molecular complexity index is 426. The van der Waals surface area contributed by atoms with Gasteiger partial charge in [-0.25, -0.2) is 18.1 Å². The maximum absolute atomic E-state index is 11.6. The number of nitrogens with zero attached hydrogens (tertiary/aromatic N) is 1. The van der Waals surface area contributed by atoms with Crippen molar-refractivity contribution in [3.63, 3.8) is 0 Å². The van der Waals surface area contributed by atoms with Gasteiger partial charge in [0.15, 0.2) is 0 Å². The molecule has 4 N–H and O–H groups in total. The molecule has 6 nitrogen and oxygen atoms in total. The minimum atomic E-state index is -3.50. The normalized spacial score (nSPS) is 13.7. The van der Waals surface area contributed by atoms with Crippen molar-refractivity contribution in [1.29, 1.82) is 0 Å². The van der Waals surface area contributed by atoms with E-state index >= 15 is 0 Å². The molecule has 0 saturated heterocycles. The number of sulfonamides is 1. The molecule has 1 heterocycles. The summed E-state index contributed by atoms with van der Waals surface area (Å²) in [5, 5.41) is -0.879. The summed E-state index contributed by atoms with van der Waals surface area (Å²) in [6, 6.07) is 0. The van der Waals surface area contributed by atoms with Gasteiger partial charge < -0.3 is 10.7 Å². The highest BCUT2D eigenvalue weighted by molar-refractivity contribution is 7.93. The van der Waals surface area contributed by atoms with Gasteiger partial charge in [0.25, 0.3) is 0 Å². The number of imidazole rings is 1. The average Bonchev–Trinajstić information content (AvgIpc) is 2.66. The highest BCUT2D eigenvalue weighted by Crippen LogP contribution is 2.00. The molecule has 0 fully saturated rings. The van der Waals surface area contributed by atoms with Crippen molar-refractivity contribution in [2.45, 2.75) is 18.7 Å². The summed E-state index contributed by atoms with van der Waals surface area (Å²) in [5.41, 5.74) is 5.94. The number of nitrogens with one attached hydrogen (secondary N) is 2. The van der Waals surface area contributed by atoms with Gasteiger partial charge in [0.2, 0.25) is 10.0 Å². The number of thiocarbonyl (C=S) groups is 1. The van der Waals surface area contributed by atoms with E-state index in [0.29, 0.717) is 5.69 Å². The third-order valence-electron chi connectivity index (χ3n) is 1.88. The summed E-state index contributed by atoms with van der Waals surface area (Å²) in [6.07, 6.45) is 3.01. The molecule has 1 aromatic rings. The molecule has 1 unspecified atom stereocenters. The molecule has 0 aliphatic heterocycles. The Hall–Kier alpha value is -0.990. The van der Waals surface area contributed by atoms with Crippen LogP contribution in [0.3, 0.4) is 0 Å². The van der Waals surface area contributed by atoms with Crippen LogP contribution >= 0.6 is 12.2 Å². The number of hydrogen-bond donors (Lipinski definition) is 3. The van der Waals surface area contributed by atoms with Crippen LogP contribution < -0.4 is 10.5 Å². The first-order chi connectivity index (χ1) is 6.93. The first-order valence-corrected chi connectivity index (χ1v) is 6.14. The van der Waals surface area contributed by atoms with E-state index in [9.17, 15) is 8.42 Å². The topological polar surface area (TPSA) is 101 Å². The molecule has 15 heavy (non-hydrogen) atoms. The summed E-state index contributed by atoms with van der Waals surface area (Å²) in [4.78, 5) is 6.49. The predicted molar refractivity (Wildman–Crippen MR) is 60.6 cm³/mol. The van der Waals surface area contributed by atoms with E-state index in [4.69, 9.17) is 5.73 Å². The molecular weight excluding hydrogens is 236 g/mol. The summed E-state index contributed by atoms with van der Waals surface area (Å²) >= 11 is 4.62. The van der Waals surface area contributed by atoms with Gasteiger partial charge in [0, 0.05) is 11.9 Å². The Kier molecular flexibility index (Phi) is 3.77.